The van der Waals surface area contributed by atoms with Gasteiger partial charge in [-0.2, -0.15) is 0 Å². The van der Waals surface area contributed by atoms with Crippen molar-refractivity contribution in [2.75, 3.05) is 27.4 Å². The van der Waals surface area contributed by atoms with Gasteiger partial charge in [-0.15, -0.1) is 0 Å². The number of hydrogen-bond acceptors (Lipinski definition) is 3. The topological polar surface area (TPSA) is 30.5 Å². The largest absolute Gasteiger partial charge is 0.382 e. The number of benzene rings is 1. The Morgan fingerprint density at radius 1 is 1.30 bits per heavy atom. The first-order valence-corrected chi connectivity index (χ1v) is 7.41. The minimum absolute atomic E-state index is 0.102. The first kappa shape index (κ1) is 15.5. The van der Waals surface area contributed by atoms with E-state index in [9.17, 15) is 0 Å². The molecule has 0 radical (unpaired) electrons. The van der Waals surface area contributed by atoms with Crippen molar-refractivity contribution in [3.05, 3.63) is 35.4 Å². The van der Waals surface area contributed by atoms with Gasteiger partial charge in [-0.3, -0.25) is 0 Å². The van der Waals surface area contributed by atoms with E-state index in [4.69, 9.17) is 9.47 Å². The van der Waals surface area contributed by atoms with E-state index in [1.807, 2.05) is 0 Å². The van der Waals surface area contributed by atoms with Gasteiger partial charge >= 0.3 is 0 Å². The van der Waals surface area contributed by atoms with Crippen molar-refractivity contribution in [3.63, 3.8) is 0 Å². The number of fused-ring (bicyclic) bond motifs is 1. The molecule has 3 nitrogen and oxygen atoms in total. The zero-order valence-corrected chi connectivity index (χ0v) is 13.1. The van der Waals surface area contributed by atoms with Crippen LogP contribution in [0.3, 0.4) is 0 Å². The van der Waals surface area contributed by atoms with Crippen LogP contribution < -0.4 is 5.32 Å². The number of nitrogens with one attached hydrogen (secondary N) is 1. The normalized spacial score (nSPS) is 22.3. The molecule has 0 bridgehead atoms. The summed E-state index contributed by atoms with van der Waals surface area (Å²) in [5.74, 6) is 0. The van der Waals surface area contributed by atoms with E-state index in [1.165, 1.54) is 24.0 Å². The summed E-state index contributed by atoms with van der Waals surface area (Å²) in [6.07, 6.45) is 2.49. The third-order valence-corrected chi connectivity index (χ3v) is 4.42. The molecule has 0 saturated carbocycles. The Bertz CT molecular complexity index is 431. The molecule has 20 heavy (non-hydrogen) atoms. The van der Waals surface area contributed by atoms with Crippen molar-refractivity contribution < 1.29 is 9.47 Å². The average Bonchev–Trinajstić information content (AvgIpc) is 2.44. The highest BCUT2D eigenvalue weighted by Crippen LogP contribution is 2.43. The summed E-state index contributed by atoms with van der Waals surface area (Å²) in [6.45, 7) is 6.13. The number of methoxy groups -OCH3 is 2. The van der Waals surface area contributed by atoms with Gasteiger partial charge in [-0.25, -0.2) is 0 Å². The Labute approximate surface area is 122 Å². The summed E-state index contributed by atoms with van der Waals surface area (Å²) in [5.41, 5.74) is 3.18. The smallest absolute Gasteiger partial charge is 0.0928 e. The molecule has 1 aliphatic carbocycles. The molecule has 1 aromatic carbocycles. The fourth-order valence-corrected chi connectivity index (χ4v) is 3.10. The number of rotatable bonds is 6. The SMILES string of the molecule is COCC(CNC1c2ccccc2CCC1(C)C)OC. The zero-order chi connectivity index (χ0) is 14.6. The van der Waals surface area contributed by atoms with Gasteiger partial charge in [-0.1, -0.05) is 38.1 Å². The lowest BCUT2D eigenvalue weighted by Gasteiger charge is -2.41. The van der Waals surface area contributed by atoms with Crippen molar-refractivity contribution in [2.45, 2.75) is 38.8 Å². The molecule has 0 spiro atoms. The maximum absolute atomic E-state index is 5.45. The van der Waals surface area contributed by atoms with Gasteiger partial charge in [-0.05, 0) is 29.4 Å². The van der Waals surface area contributed by atoms with Crippen molar-refractivity contribution in [3.8, 4) is 0 Å². The van der Waals surface area contributed by atoms with Crippen LogP contribution in [0.15, 0.2) is 24.3 Å². The lowest BCUT2D eigenvalue weighted by Crippen LogP contribution is -2.42. The molecule has 1 aliphatic rings. The van der Waals surface area contributed by atoms with Crippen LogP contribution in [0.25, 0.3) is 0 Å². The highest BCUT2D eigenvalue weighted by atomic mass is 16.5. The van der Waals surface area contributed by atoms with Crippen molar-refractivity contribution >= 4 is 0 Å². The molecule has 2 unspecified atom stereocenters. The molecule has 0 fully saturated rings. The Kier molecular flexibility index (Phi) is 5.19. The molecule has 3 heteroatoms. The second-order valence-corrected chi connectivity index (χ2v) is 6.34. The van der Waals surface area contributed by atoms with E-state index < -0.39 is 0 Å². The monoisotopic (exact) mass is 277 g/mol. The highest BCUT2D eigenvalue weighted by Gasteiger charge is 2.35. The maximum Gasteiger partial charge on any atom is 0.0928 e. The molecule has 2 atom stereocenters. The Balaban J connectivity index is 2.11. The van der Waals surface area contributed by atoms with E-state index >= 15 is 0 Å². The van der Waals surface area contributed by atoms with Crippen LogP contribution in [0.4, 0.5) is 0 Å². The van der Waals surface area contributed by atoms with E-state index in [1.54, 1.807) is 14.2 Å². The third-order valence-electron chi connectivity index (χ3n) is 4.42. The molecule has 112 valence electrons. The van der Waals surface area contributed by atoms with E-state index in [-0.39, 0.29) is 11.5 Å². The molecule has 0 amide bonds. The van der Waals surface area contributed by atoms with E-state index in [2.05, 4.69) is 43.4 Å². The predicted molar refractivity (Wildman–Crippen MR) is 82.0 cm³/mol. The fourth-order valence-electron chi connectivity index (χ4n) is 3.10. The standard InChI is InChI=1S/C17H27NO2/c1-17(2)10-9-13-7-5-6-8-15(13)16(17)18-11-14(20-4)12-19-3/h5-8,14,16,18H,9-12H2,1-4H3. The molecule has 1 aromatic rings. The van der Waals surface area contributed by atoms with Gasteiger partial charge in [0.1, 0.15) is 0 Å². The first-order valence-electron chi connectivity index (χ1n) is 7.41. The molecule has 0 saturated heterocycles. The lowest BCUT2D eigenvalue weighted by atomic mass is 9.70. The number of ether oxygens (including phenoxy) is 2. The summed E-state index contributed by atoms with van der Waals surface area (Å²) < 4.78 is 10.6. The minimum Gasteiger partial charge on any atom is -0.382 e. The number of hydrogen-bond donors (Lipinski definition) is 1. The van der Waals surface area contributed by atoms with Crippen molar-refractivity contribution in [1.29, 1.82) is 0 Å². The summed E-state index contributed by atoms with van der Waals surface area (Å²) in [7, 11) is 3.46. The molecule has 2 rings (SSSR count). The quantitative estimate of drug-likeness (QED) is 0.867. The third kappa shape index (κ3) is 3.40. The summed E-state index contributed by atoms with van der Waals surface area (Å²) in [4.78, 5) is 0. The van der Waals surface area contributed by atoms with Gasteiger partial charge in [0.2, 0.25) is 0 Å². The Morgan fingerprint density at radius 2 is 2.05 bits per heavy atom. The first-order chi connectivity index (χ1) is 9.58. The fraction of sp³-hybridized carbons (Fsp3) is 0.647. The van der Waals surface area contributed by atoms with Crippen LogP contribution in [0, 0.1) is 5.41 Å². The second kappa shape index (κ2) is 6.70. The van der Waals surface area contributed by atoms with Gasteiger partial charge < -0.3 is 14.8 Å². The van der Waals surface area contributed by atoms with E-state index in [0.717, 1.165) is 6.54 Å². The van der Waals surface area contributed by atoms with Gasteiger partial charge in [0.15, 0.2) is 0 Å². The zero-order valence-electron chi connectivity index (χ0n) is 13.1. The molecule has 0 heterocycles. The molecule has 0 aliphatic heterocycles. The van der Waals surface area contributed by atoms with Crippen LogP contribution >= 0.6 is 0 Å². The van der Waals surface area contributed by atoms with Crippen LogP contribution in [-0.2, 0) is 15.9 Å². The van der Waals surface area contributed by atoms with Gasteiger partial charge in [0.25, 0.3) is 0 Å². The maximum atomic E-state index is 5.45. The number of aryl methyl sites for hydroxylation is 1. The summed E-state index contributed by atoms with van der Waals surface area (Å²) >= 11 is 0. The molecule has 1 N–H and O–H groups in total. The van der Waals surface area contributed by atoms with Crippen LogP contribution in [0.2, 0.25) is 0 Å². The minimum atomic E-state index is 0.102. The highest BCUT2D eigenvalue weighted by molar-refractivity contribution is 5.34. The second-order valence-electron chi connectivity index (χ2n) is 6.34. The van der Waals surface area contributed by atoms with Crippen molar-refractivity contribution in [2.24, 2.45) is 5.41 Å². The molecule has 0 aromatic heterocycles. The summed E-state index contributed by atoms with van der Waals surface area (Å²) in [5, 5.41) is 3.70. The lowest BCUT2D eigenvalue weighted by molar-refractivity contribution is 0.0234. The summed E-state index contributed by atoms with van der Waals surface area (Å²) in [6, 6.07) is 9.16. The molecular weight excluding hydrogens is 250 g/mol. The van der Waals surface area contributed by atoms with E-state index in [0.29, 0.717) is 12.6 Å². The van der Waals surface area contributed by atoms with Crippen molar-refractivity contribution in [1.82, 2.24) is 5.32 Å². The van der Waals surface area contributed by atoms with Gasteiger partial charge in [0, 0.05) is 26.8 Å². The molecular formula is C17H27NO2. The van der Waals surface area contributed by atoms with Gasteiger partial charge in [0.05, 0.1) is 12.7 Å². The van der Waals surface area contributed by atoms with Crippen LogP contribution in [0.5, 0.6) is 0 Å². The van der Waals surface area contributed by atoms with Crippen LogP contribution in [-0.4, -0.2) is 33.5 Å². The predicted octanol–water partition coefficient (Wildman–Crippen LogP) is 2.95. The Hall–Kier alpha value is -0.900. The average molecular weight is 277 g/mol. The van der Waals surface area contributed by atoms with Crippen LogP contribution in [0.1, 0.15) is 37.4 Å². The Morgan fingerprint density at radius 3 is 2.75 bits per heavy atom.